The Labute approximate surface area is 95.1 Å². The van der Waals surface area contributed by atoms with Crippen LogP contribution < -0.4 is 4.74 Å². The zero-order chi connectivity index (χ0) is 12.0. The maximum Gasteiger partial charge on any atom is 0.171 e. The van der Waals surface area contributed by atoms with E-state index < -0.39 is 6.29 Å². The van der Waals surface area contributed by atoms with Crippen LogP contribution in [-0.2, 0) is 9.47 Å². The molecule has 16 heavy (non-hydrogen) atoms. The largest absolute Gasteiger partial charge is 0.496 e. The Balaban J connectivity index is 2.79. The molecule has 0 saturated carbocycles. The maximum absolute atomic E-state index is 11.9. The van der Waals surface area contributed by atoms with Crippen LogP contribution in [0.25, 0.3) is 0 Å². The van der Waals surface area contributed by atoms with Gasteiger partial charge >= 0.3 is 0 Å². The molecule has 0 spiro atoms. The number of carbonyl (C=O) groups is 1. The monoisotopic (exact) mass is 224 g/mol. The van der Waals surface area contributed by atoms with Crippen molar-refractivity contribution in [3.05, 3.63) is 29.8 Å². The van der Waals surface area contributed by atoms with Crippen molar-refractivity contribution in [2.45, 2.75) is 12.7 Å². The normalized spacial score (nSPS) is 10.5. The lowest BCUT2D eigenvalue weighted by molar-refractivity contribution is -0.0993. The molecule has 4 nitrogen and oxygen atoms in total. The highest BCUT2D eigenvalue weighted by Gasteiger charge is 2.16. The molecule has 0 aromatic heterocycles. The number of hydrogen-bond donors (Lipinski definition) is 0. The first-order chi connectivity index (χ1) is 7.72. The molecule has 1 aromatic carbocycles. The highest BCUT2D eigenvalue weighted by molar-refractivity contribution is 5.98. The fraction of sp³-hybridized carbons (Fsp3) is 0.417. The van der Waals surface area contributed by atoms with Gasteiger partial charge in [-0.3, -0.25) is 4.79 Å². The topological polar surface area (TPSA) is 44.8 Å². The third kappa shape index (κ3) is 3.05. The smallest absolute Gasteiger partial charge is 0.171 e. The van der Waals surface area contributed by atoms with E-state index in [0.717, 1.165) is 0 Å². The molecular weight excluding hydrogens is 208 g/mol. The van der Waals surface area contributed by atoms with Gasteiger partial charge in [0.15, 0.2) is 12.1 Å². The van der Waals surface area contributed by atoms with Gasteiger partial charge in [0.25, 0.3) is 0 Å². The summed E-state index contributed by atoms with van der Waals surface area (Å²) >= 11 is 0. The number of ketones is 1. The van der Waals surface area contributed by atoms with Gasteiger partial charge in [-0.1, -0.05) is 12.1 Å². The van der Waals surface area contributed by atoms with Crippen molar-refractivity contribution in [1.29, 1.82) is 0 Å². The second kappa shape index (κ2) is 6.25. The molecule has 1 aromatic rings. The van der Waals surface area contributed by atoms with E-state index in [1.165, 1.54) is 21.3 Å². The van der Waals surface area contributed by atoms with Crippen molar-refractivity contribution >= 4 is 5.78 Å². The van der Waals surface area contributed by atoms with Gasteiger partial charge in [-0.05, 0) is 12.1 Å². The number of para-hydroxylation sites is 1. The molecule has 0 radical (unpaired) electrons. The van der Waals surface area contributed by atoms with Crippen LogP contribution in [0.4, 0.5) is 0 Å². The first kappa shape index (κ1) is 12.7. The van der Waals surface area contributed by atoms with Gasteiger partial charge in [-0.2, -0.15) is 0 Å². The van der Waals surface area contributed by atoms with Gasteiger partial charge in [0.05, 0.1) is 19.1 Å². The van der Waals surface area contributed by atoms with Crippen molar-refractivity contribution in [3.63, 3.8) is 0 Å². The zero-order valence-corrected chi connectivity index (χ0v) is 9.73. The molecule has 0 N–H and O–H groups in total. The minimum absolute atomic E-state index is 0.0637. The summed E-state index contributed by atoms with van der Waals surface area (Å²) in [5, 5.41) is 0. The quantitative estimate of drug-likeness (QED) is 0.546. The van der Waals surface area contributed by atoms with E-state index in [2.05, 4.69) is 0 Å². The van der Waals surface area contributed by atoms with E-state index >= 15 is 0 Å². The average molecular weight is 224 g/mol. The minimum Gasteiger partial charge on any atom is -0.496 e. The molecule has 0 atom stereocenters. The third-order valence-corrected chi connectivity index (χ3v) is 2.29. The summed E-state index contributed by atoms with van der Waals surface area (Å²) < 4.78 is 15.1. The highest BCUT2D eigenvalue weighted by Crippen LogP contribution is 2.20. The number of rotatable bonds is 6. The zero-order valence-electron chi connectivity index (χ0n) is 9.73. The van der Waals surface area contributed by atoms with Gasteiger partial charge < -0.3 is 14.2 Å². The molecular formula is C12H16O4. The van der Waals surface area contributed by atoms with E-state index in [0.29, 0.717) is 11.3 Å². The van der Waals surface area contributed by atoms with E-state index in [-0.39, 0.29) is 12.2 Å². The van der Waals surface area contributed by atoms with Crippen molar-refractivity contribution < 1.29 is 19.0 Å². The number of Topliss-reactive ketones (excluding diaryl/α,β-unsaturated/α-hetero) is 1. The Bertz CT molecular complexity index is 345. The van der Waals surface area contributed by atoms with Gasteiger partial charge in [-0.25, -0.2) is 0 Å². The Morgan fingerprint density at radius 1 is 1.19 bits per heavy atom. The van der Waals surface area contributed by atoms with Crippen LogP contribution >= 0.6 is 0 Å². The molecule has 0 bridgehead atoms. The van der Waals surface area contributed by atoms with Crippen LogP contribution in [0.5, 0.6) is 5.75 Å². The van der Waals surface area contributed by atoms with Gasteiger partial charge in [-0.15, -0.1) is 0 Å². The predicted octanol–water partition coefficient (Wildman–Crippen LogP) is 1.89. The maximum atomic E-state index is 11.9. The Kier molecular flexibility index (Phi) is 4.95. The first-order valence-electron chi connectivity index (χ1n) is 4.94. The van der Waals surface area contributed by atoms with Crippen molar-refractivity contribution in [1.82, 2.24) is 0 Å². The van der Waals surface area contributed by atoms with Crippen LogP contribution in [-0.4, -0.2) is 33.4 Å². The summed E-state index contributed by atoms with van der Waals surface area (Å²) in [5.41, 5.74) is 0.545. The van der Waals surface area contributed by atoms with Crippen molar-refractivity contribution in [2.24, 2.45) is 0 Å². The molecule has 1 rings (SSSR count). The Morgan fingerprint density at radius 2 is 1.81 bits per heavy atom. The molecule has 88 valence electrons. The average Bonchev–Trinajstić information content (AvgIpc) is 2.35. The van der Waals surface area contributed by atoms with Crippen molar-refractivity contribution in [3.8, 4) is 5.75 Å². The van der Waals surface area contributed by atoms with Crippen LogP contribution in [0.3, 0.4) is 0 Å². The second-order valence-corrected chi connectivity index (χ2v) is 3.23. The number of hydrogen-bond acceptors (Lipinski definition) is 4. The predicted molar refractivity (Wildman–Crippen MR) is 59.7 cm³/mol. The fourth-order valence-electron chi connectivity index (χ4n) is 1.40. The molecule has 0 aliphatic heterocycles. The molecule has 0 saturated heterocycles. The van der Waals surface area contributed by atoms with Crippen LogP contribution in [0.1, 0.15) is 16.8 Å². The first-order valence-corrected chi connectivity index (χ1v) is 4.94. The summed E-state index contributed by atoms with van der Waals surface area (Å²) in [5.74, 6) is 0.504. The van der Waals surface area contributed by atoms with Crippen LogP contribution in [0, 0.1) is 0 Å². The summed E-state index contributed by atoms with van der Waals surface area (Å²) in [4.78, 5) is 11.9. The van der Waals surface area contributed by atoms with Crippen LogP contribution in [0.15, 0.2) is 24.3 Å². The molecule has 0 aliphatic rings. The summed E-state index contributed by atoms with van der Waals surface area (Å²) in [7, 11) is 4.55. The molecule has 0 heterocycles. The molecule has 0 unspecified atom stereocenters. The van der Waals surface area contributed by atoms with E-state index in [1.54, 1.807) is 18.2 Å². The lowest BCUT2D eigenvalue weighted by Crippen LogP contribution is -2.18. The van der Waals surface area contributed by atoms with E-state index in [9.17, 15) is 4.79 Å². The summed E-state index contributed by atoms with van der Waals surface area (Å²) in [6.45, 7) is 0. The lowest BCUT2D eigenvalue weighted by atomic mass is 10.1. The van der Waals surface area contributed by atoms with Crippen molar-refractivity contribution in [2.75, 3.05) is 21.3 Å². The standard InChI is InChI=1S/C12H16O4/c1-14-11-7-5-4-6-9(11)10(13)8-12(15-2)16-3/h4-7,12H,8H2,1-3H3. The second-order valence-electron chi connectivity index (χ2n) is 3.23. The Morgan fingerprint density at radius 3 is 2.38 bits per heavy atom. The Hall–Kier alpha value is -1.39. The third-order valence-electron chi connectivity index (χ3n) is 2.29. The number of ether oxygens (including phenoxy) is 3. The molecule has 0 amide bonds. The number of carbonyl (C=O) groups excluding carboxylic acids is 1. The number of benzene rings is 1. The highest BCUT2D eigenvalue weighted by atomic mass is 16.7. The fourth-order valence-corrected chi connectivity index (χ4v) is 1.40. The summed E-state index contributed by atoms with van der Waals surface area (Å²) in [6.07, 6.45) is -0.342. The minimum atomic E-state index is -0.516. The number of methoxy groups -OCH3 is 3. The van der Waals surface area contributed by atoms with Gasteiger partial charge in [0, 0.05) is 14.2 Å². The van der Waals surface area contributed by atoms with E-state index in [4.69, 9.17) is 14.2 Å². The van der Waals surface area contributed by atoms with Crippen LogP contribution in [0.2, 0.25) is 0 Å². The molecule has 4 heteroatoms. The summed E-state index contributed by atoms with van der Waals surface area (Å²) in [6, 6.07) is 7.09. The molecule has 0 fully saturated rings. The van der Waals surface area contributed by atoms with Gasteiger partial charge in [0.2, 0.25) is 0 Å². The SMILES string of the molecule is COc1ccccc1C(=O)CC(OC)OC. The van der Waals surface area contributed by atoms with E-state index in [1.807, 2.05) is 6.07 Å². The molecule has 0 aliphatic carbocycles. The lowest BCUT2D eigenvalue weighted by Gasteiger charge is -2.13. The van der Waals surface area contributed by atoms with Gasteiger partial charge in [0.1, 0.15) is 5.75 Å².